The number of carbonyl (C=O) groups excluding carboxylic acids is 2. The van der Waals surface area contributed by atoms with Gasteiger partial charge in [0.15, 0.2) is 0 Å². The molecule has 7 heteroatoms. The van der Waals surface area contributed by atoms with Crippen molar-refractivity contribution in [1.82, 2.24) is 0 Å². The smallest absolute Gasteiger partial charge is 0.351 e. The van der Waals surface area contributed by atoms with Crippen LogP contribution in [0, 0.1) is 0 Å². The number of ether oxygens (including phenoxy) is 2. The molecule has 29 heavy (non-hydrogen) atoms. The number of hydrogen-bond acceptors (Lipinski definition) is 7. The minimum absolute atomic E-state index is 0.107. The van der Waals surface area contributed by atoms with Gasteiger partial charge < -0.3 is 18.8 Å². The maximum Gasteiger partial charge on any atom is 0.351 e. The SMILES string of the molecule is C=C(C)C(=O)OCCOC(=O)c1cc2cc3c4c(c2oc1=O)CCCN4CCC3. The second-order valence-electron chi connectivity index (χ2n) is 7.48. The van der Waals surface area contributed by atoms with Crippen LogP contribution in [0.4, 0.5) is 5.69 Å². The molecular weight excluding hydrogens is 374 g/mol. The number of anilines is 1. The summed E-state index contributed by atoms with van der Waals surface area (Å²) >= 11 is 0. The lowest BCUT2D eigenvalue weighted by Crippen LogP contribution is -2.34. The van der Waals surface area contributed by atoms with Gasteiger partial charge in [0.05, 0.1) is 0 Å². The first-order valence-corrected chi connectivity index (χ1v) is 9.83. The standard InChI is InChI=1S/C22H23NO6/c1-13(2)20(24)27-9-10-28-21(25)17-12-15-11-14-5-3-7-23-8-4-6-16(18(14)23)19(15)29-22(17)26/h11-12H,1,3-10H2,2H3. The van der Waals surface area contributed by atoms with E-state index in [4.69, 9.17) is 13.9 Å². The van der Waals surface area contributed by atoms with Crippen LogP contribution >= 0.6 is 0 Å². The molecule has 0 N–H and O–H groups in total. The molecule has 0 amide bonds. The Morgan fingerprint density at radius 1 is 1.14 bits per heavy atom. The van der Waals surface area contributed by atoms with Crippen molar-refractivity contribution in [3.8, 4) is 0 Å². The summed E-state index contributed by atoms with van der Waals surface area (Å²) in [6.45, 7) is 6.79. The van der Waals surface area contributed by atoms with Crippen LogP contribution in [0.5, 0.6) is 0 Å². The molecule has 2 aliphatic heterocycles. The number of benzene rings is 1. The Hall–Kier alpha value is -3.09. The van der Waals surface area contributed by atoms with Crippen molar-refractivity contribution < 1.29 is 23.5 Å². The average Bonchev–Trinajstić information content (AvgIpc) is 2.71. The number of aryl methyl sites for hydroxylation is 2. The van der Waals surface area contributed by atoms with E-state index in [-0.39, 0.29) is 24.4 Å². The highest BCUT2D eigenvalue weighted by atomic mass is 16.6. The molecule has 4 rings (SSSR count). The summed E-state index contributed by atoms with van der Waals surface area (Å²) in [6.07, 6.45) is 3.94. The number of fused-ring (bicyclic) bond motifs is 2. The van der Waals surface area contributed by atoms with Gasteiger partial charge in [-0.1, -0.05) is 6.58 Å². The second kappa shape index (κ2) is 7.73. The number of hydrogen-bond donors (Lipinski definition) is 0. The van der Waals surface area contributed by atoms with Gasteiger partial charge in [-0.3, -0.25) is 0 Å². The van der Waals surface area contributed by atoms with Crippen LogP contribution in [0.2, 0.25) is 0 Å². The Balaban J connectivity index is 1.58. The van der Waals surface area contributed by atoms with Gasteiger partial charge in [-0.25, -0.2) is 14.4 Å². The molecule has 2 aromatic rings. The lowest BCUT2D eigenvalue weighted by Gasteiger charge is -2.37. The molecule has 0 radical (unpaired) electrons. The average molecular weight is 397 g/mol. The van der Waals surface area contributed by atoms with Gasteiger partial charge in [0.25, 0.3) is 0 Å². The predicted octanol–water partition coefficient (Wildman–Crippen LogP) is 2.77. The highest BCUT2D eigenvalue weighted by molar-refractivity contribution is 5.95. The summed E-state index contributed by atoms with van der Waals surface area (Å²) in [6, 6.07) is 3.56. The van der Waals surface area contributed by atoms with E-state index >= 15 is 0 Å². The van der Waals surface area contributed by atoms with Crippen LogP contribution in [0.3, 0.4) is 0 Å². The van der Waals surface area contributed by atoms with Crippen molar-refractivity contribution in [2.75, 3.05) is 31.2 Å². The third kappa shape index (κ3) is 3.64. The molecule has 0 atom stereocenters. The normalized spacial score (nSPS) is 15.0. The van der Waals surface area contributed by atoms with Crippen LogP contribution in [0.1, 0.15) is 41.3 Å². The minimum Gasteiger partial charge on any atom is -0.459 e. The maximum absolute atomic E-state index is 12.5. The van der Waals surface area contributed by atoms with Crippen molar-refractivity contribution in [2.45, 2.75) is 32.6 Å². The van der Waals surface area contributed by atoms with E-state index in [2.05, 4.69) is 11.5 Å². The largest absolute Gasteiger partial charge is 0.459 e. The van der Waals surface area contributed by atoms with Crippen molar-refractivity contribution in [2.24, 2.45) is 0 Å². The number of nitrogens with zero attached hydrogens (tertiary/aromatic N) is 1. The summed E-state index contributed by atoms with van der Waals surface area (Å²) in [7, 11) is 0. The van der Waals surface area contributed by atoms with Gasteiger partial charge in [-0.15, -0.1) is 0 Å². The van der Waals surface area contributed by atoms with E-state index in [9.17, 15) is 14.4 Å². The fourth-order valence-electron chi connectivity index (χ4n) is 4.06. The van der Waals surface area contributed by atoms with Crippen LogP contribution in [0.25, 0.3) is 11.0 Å². The van der Waals surface area contributed by atoms with Gasteiger partial charge in [0, 0.05) is 35.3 Å². The Labute approximate surface area is 167 Å². The molecule has 0 saturated carbocycles. The minimum atomic E-state index is -0.792. The third-order valence-electron chi connectivity index (χ3n) is 5.33. The molecule has 0 saturated heterocycles. The summed E-state index contributed by atoms with van der Waals surface area (Å²) in [5, 5.41) is 0.739. The quantitative estimate of drug-likeness (QED) is 0.332. The van der Waals surface area contributed by atoms with Crippen molar-refractivity contribution >= 4 is 28.6 Å². The summed E-state index contributed by atoms with van der Waals surface area (Å²) in [4.78, 5) is 38.5. The van der Waals surface area contributed by atoms with E-state index in [1.54, 1.807) is 6.07 Å². The highest BCUT2D eigenvalue weighted by Gasteiger charge is 2.27. The topological polar surface area (TPSA) is 86.0 Å². The Morgan fingerprint density at radius 2 is 1.86 bits per heavy atom. The molecule has 0 unspecified atom stereocenters. The van der Waals surface area contributed by atoms with Gasteiger partial charge in [-0.2, -0.15) is 0 Å². The third-order valence-corrected chi connectivity index (χ3v) is 5.33. The molecule has 2 aliphatic rings. The fourth-order valence-corrected chi connectivity index (χ4v) is 4.06. The van der Waals surface area contributed by atoms with Crippen molar-refractivity contribution in [3.05, 3.63) is 51.4 Å². The second-order valence-corrected chi connectivity index (χ2v) is 7.48. The zero-order valence-corrected chi connectivity index (χ0v) is 16.4. The molecule has 7 nitrogen and oxygen atoms in total. The first kappa shape index (κ1) is 19.2. The monoisotopic (exact) mass is 397 g/mol. The lowest BCUT2D eigenvalue weighted by molar-refractivity contribution is -0.140. The molecule has 152 valence electrons. The summed E-state index contributed by atoms with van der Waals surface area (Å²) in [5.41, 5.74) is 3.45. The van der Waals surface area contributed by atoms with E-state index in [0.29, 0.717) is 5.58 Å². The van der Waals surface area contributed by atoms with Crippen LogP contribution in [-0.2, 0) is 27.1 Å². The van der Waals surface area contributed by atoms with Crippen LogP contribution in [-0.4, -0.2) is 38.2 Å². The molecule has 1 aromatic heterocycles. The molecule has 0 bridgehead atoms. The zero-order chi connectivity index (χ0) is 20.5. The predicted molar refractivity (Wildman–Crippen MR) is 107 cm³/mol. The van der Waals surface area contributed by atoms with Crippen molar-refractivity contribution in [1.29, 1.82) is 0 Å². The molecule has 0 spiro atoms. The Kier molecular flexibility index (Phi) is 5.13. The molecule has 3 heterocycles. The van der Waals surface area contributed by atoms with E-state index in [1.807, 2.05) is 6.07 Å². The summed E-state index contributed by atoms with van der Waals surface area (Å²) in [5.74, 6) is -1.35. The number of carbonyl (C=O) groups is 2. The van der Waals surface area contributed by atoms with Gasteiger partial charge >= 0.3 is 17.6 Å². The zero-order valence-electron chi connectivity index (χ0n) is 16.4. The number of esters is 2. The van der Waals surface area contributed by atoms with Crippen LogP contribution in [0.15, 0.2) is 33.5 Å². The van der Waals surface area contributed by atoms with Gasteiger partial charge in [0.2, 0.25) is 0 Å². The lowest BCUT2D eigenvalue weighted by atomic mass is 9.90. The Bertz CT molecular complexity index is 1070. The Morgan fingerprint density at radius 3 is 2.62 bits per heavy atom. The number of rotatable bonds is 5. The van der Waals surface area contributed by atoms with Crippen LogP contribution < -0.4 is 10.5 Å². The fraction of sp³-hybridized carbons (Fsp3) is 0.409. The molecule has 1 aromatic carbocycles. The molecular formula is C22H23NO6. The first-order valence-electron chi connectivity index (χ1n) is 9.83. The molecule has 0 aliphatic carbocycles. The van der Waals surface area contributed by atoms with E-state index in [1.165, 1.54) is 18.2 Å². The summed E-state index contributed by atoms with van der Waals surface area (Å²) < 4.78 is 15.5. The highest BCUT2D eigenvalue weighted by Crippen LogP contribution is 2.39. The van der Waals surface area contributed by atoms with E-state index < -0.39 is 17.6 Å². The molecule has 0 fully saturated rings. The van der Waals surface area contributed by atoms with Gasteiger partial charge in [0.1, 0.15) is 24.4 Å². The van der Waals surface area contributed by atoms with Crippen molar-refractivity contribution in [3.63, 3.8) is 0 Å². The van der Waals surface area contributed by atoms with E-state index in [0.717, 1.165) is 49.7 Å². The van der Waals surface area contributed by atoms with Gasteiger partial charge in [-0.05, 0) is 50.3 Å². The maximum atomic E-state index is 12.5. The first-order chi connectivity index (χ1) is 14.0.